The molecule has 1 atom stereocenters. The van der Waals surface area contributed by atoms with Gasteiger partial charge in [-0.15, -0.1) is 0 Å². The summed E-state index contributed by atoms with van der Waals surface area (Å²) in [7, 11) is 0. The molecule has 0 saturated carbocycles. The van der Waals surface area contributed by atoms with E-state index in [2.05, 4.69) is 22.0 Å². The summed E-state index contributed by atoms with van der Waals surface area (Å²) in [6.45, 7) is 0. The first-order chi connectivity index (χ1) is 17.4. The van der Waals surface area contributed by atoms with Crippen LogP contribution in [0.2, 0.25) is 0 Å². The Morgan fingerprint density at radius 3 is 2.78 bits per heavy atom. The van der Waals surface area contributed by atoms with E-state index in [4.69, 9.17) is 4.99 Å². The quantitative estimate of drug-likeness (QED) is 0.290. The maximum atomic E-state index is 13.8. The van der Waals surface area contributed by atoms with Crippen LogP contribution in [0.5, 0.6) is 5.75 Å². The monoisotopic (exact) mass is 559 g/mol. The lowest BCUT2D eigenvalue weighted by Gasteiger charge is -2.30. The van der Waals surface area contributed by atoms with E-state index in [0.717, 1.165) is 27.7 Å². The van der Waals surface area contributed by atoms with Gasteiger partial charge < -0.3 is 5.11 Å². The summed E-state index contributed by atoms with van der Waals surface area (Å²) in [5.41, 5.74) is 4.92. The van der Waals surface area contributed by atoms with Crippen molar-refractivity contribution in [1.82, 2.24) is 4.57 Å². The molecule has 0 radical (unpaired) electrons. The van der Waals surface area contributed by atoms with Crippen molar-refractivity contribution in [3.05, 3.63) is 129 Å². The third kappa shape index (κ3) is 3.71. The van der Waals surface area contributed by atoms with Crippen molar-refractivity contribution in [3.8, 4) is 5.75 Å². The summed E-state index contributed by atoms with van der Waals surface area (Å²) in [6.07, 6.45) is 3.15. The van der Waals surface area contributed by atoms with Crippen LogP contribution in [0.25, 0.3) is 11.8 Å². The van der Waals surface area contributed by atoms with Crippen LogP contribution in [0.1, 0.15) is 34.7 Å². The topological polar surface area (TPSA) is 97.7 Å². The van der Waals surface area contributed by atoms with E-state index in [0.29, 0.717) is 26.9 Å². The van der Waals surface area contributed by atoms with E-state index in [-0.39, 0.29) is 17.0 Å². The van der Waals surface area contributed by atoms with E-state index in [1.165, 1.54) is 23.0 Å². The largest absolute Gasteiger partial charge is 0.507 e. The van der Waals surface area contributed by atoms with Gasteiger partial charge in [-0.1, -0.05) is 63.7 Å². The van der Waals surface area contributed by atoms with Crippen molar-refractivity contribution in [2.45, 2.75) is 18.9 Å². The number of hydrogen-bond donors (Lipinski definition) is 1. The highest BCUT2D eigenvalue weighted by molar-refractivity contribution is 9.10. The SMILES string of the molecule is O=c1c(=Cc2cc(Br)ccc2O)sc2n1C(c1cccc([N+](=O)[O-])c1)C1=C(N=2)c2ccccc2CC1. The first-order valence-electron chi connectivity index (χ1n) is 11.3. The minimum atomic E-state index is -0.511. The van der Waals surface area contributed by atoms with Crippen molar-refractivity contribution in [2.24, 2.45) is 4.99 Å². The first kappa shape index (κ1) is 22.6. The number of nitrogens with zero attached hydrogens (tertiary/aromatic N) is 3. The number of phenols is 1. The molecular weight excluding hydrogens is 542 g/mol. The highest BCUT2D eigenvalue weighted by Crippen LogP contribution is 2.41. The van der Waals surface area contributed by atoms with Gasteiger partial charge in [-0.05, 0) is 53.8 Å². The zero-order valence-corrected chi connectivity index (χ0v) is 21.1. The van der Waals surface area contributed by atoms with Crippen LogP contribution in [0.15, 0.2) is 86.6 Å². The molecule has 178 valence electrons. The van der Waals surface area contributed by atoms with Gasteiger partial charge in [-0.3, -0.25) is 19.5 Å². The number of halogens is 1. The van der Waals surface area contributed by atoms with Gasteiger partial charge in [-0.25, -0.2) is 4.99 Å². The van der Waals surface area contributed by atoms with Gasteiger partial charge in [0.1, 0.15) is 5.75 Å². The Morgan fingerprint density at radius 1 is 1.11 bits per heavy atom. The number of nitro benzene ring substituents is 1. The molecule has 0 saturated heterocycles. The zero-order chi connectivity index (χ0) is 25.0. The van der Waals surface area contributed by atoms with E-state index < -0.39 is 11.0 Å². The fourth-order valence-corrected chi connectivity index (χ4v) is 6.28. The minimum absolute atomic E-state index is 0.0240. The molecule has 6 rings (SSSR count). The number of thiazole rings is 1. The van der Waals surface area contributed by atoms with Gasteiger partial charge in [0.05, 0.1) is 21.2 Å². The number of aromatic nitrogens is 1. The molecule has 2 heterocycles. The molecule has 0 bridgehead atoms. The van der Waals surface area contributed by atoms with Crippen LogP contribution >= 0.6 is 27.3 Å². The summed E-state index contributed by atoms with van der Waals surface area (Å²) in [5, 5.41) is 21.9. The number of nitro groups is 1. The van der Waals surface area contributed by atoms with Crippen molar-refractivity contribution >= 4 is 44.7 Å². The Morgan fingerprint density at radius 2 is 1.94 bits per heavy atom. The maximum Gasteiger partial charge on any atom is 0.271 e. The lowest BCUT2D eigenvalue weighted by atomic mass is 9.83. The van der Waals surface area contributed by atoms with Crippen LogP contribution in [-0.2, 0) is 6.42 Å². The second-order valence-corrected chi connectivity index (χ2v) is 10.6. The Balaban J connectivity index is 1.64. The summed E-state index contributed by atoms with van der Waals surface area (Å²) in [6, 6.07) is 19.1. The molecule has 0 amide bonds. The molecular formula is C27H18BrN3O4S. The van der Waals surface area contributed by atoms with E-state index in [9.17, 15) is 20.0 Å². The number of allylic oxidation sites excluding steroid dienone is 1. The second kappa shape index (κ2) is 8.69. The molecule has 1 aliphatic heterocycles. The van der Waals surface area contributed by atoms with Crippen LogP contribution in [0.3, 0.4) is 0 Å². The van der Waals surface area contributed by atoms with Crippen LogP contribution in [0.4, 0.5) is 5.69 Å². The van der Waals surface area contributed by atoms with Crippen LogP contribution in [0, 0.1) is 10.1 Å². The fourth-order valence-electron chi connectivity index (χ4n) is 4.91. The lowest BCUT2D eigenvalue weighted by Crippen LogP contribution is -2.38. The van der Waals surface area contributed by atoms with Crippen molar-refractivity contribution in [1.29, 1.82) is 0 Å². The van der Waals surface area contributed by atoms with Gasteiger partial charge >= 0.3 is 0 Å². The number of rotatable bonds is 3. The van der Waals surface area contributed by atoms with Crippen molar-refractivity contribution in [3.63, 3.8) is 0 Å². The molecule has 0 spiro atoms. The van der Waals surface area contributed by atoms with Gasteiger partial charge in [0.15, 0.2) is 4.80 Å². The molecule has 9 heteroatoms. The Bertz CT molecular complexity index is 1790. The number of hydrogen-bond acceptors (Lipinski definition) is 6. The molecule has 1 aromatic heterocycles. The number of aryl methyl sites for hydroxylation is 1. The predicted molar refractivity (Wildman–Crippen MR) is 142 cm³/mol. The van der Waals surface area contributed by atoms with Crippen LogP contribution < -0.4 is 14.9 Å². The molecule has 1 unspecified atom stereocenters. The van der Waals surface area contributed by atoms with Crippen molar-refractivity contribution in [2.75, 3.05) is 0 Å². The number of fused-ring (bicyclic) bond motifs is 3. The number of benzene rings is 3. The van der Waals surface area contributed by atoms with Gasteiger partial charge in [0, 0.05) is 27.7 Å². The standard InChI is InChI=1S/C27H18BrN3O4S/c28-18-9-11-22(32)17(12-18)14-23-26(33)30-25(16-5-3-6-19(13-16)31(34)35)21-10-8-15-4-1-2-7-20(15)24(21)29-27(30)36-23/h1-7,9,11-14,25,32H,8,10H2. The highest BCUT2D eigenvalue weighted by Gasteiger charge is 2.33. The van der Waals surface area contributed by atoms with E-state index >= 15 is 0 Å². The van der Waals surface area contributed by atoms with E-state index in [1.807, 2.05) is 24.3 Å². The third-order valence-electron chi connectivity index (χ3n) is 6.55. The number of non-ortho nitro benzene ring substituents is 1. The Kier molecular flexibility index (Phi) is 5.46. The van der Waals surface area contributed by atoms with Gasteiger partial charge in [0.2, 0.25) is 0 Å². The average Bonchev–Trinajstić information content (AvgIpc) is 3.19. The Labute approximate surface area is 217 Å². The molecule has 0 fully saturated rings. The lowest BCUT2D eigenvalue weighted by molar-refractivity contribution is -0.384. The minimum Gasteiger partial charge on any atom is -0.507 e. The normalized spacial score (nSPS) is 16.7. The third-order valence-corrected chi connectivity index (χ3v) is 8.02. The van der Waals surface area contributed by atoms with Gasteiger partial charge in [-0.2, -0.15) is 0 Å². The summed E-state index contributed by atoms with van der Waals surface area (Å²) < 4.78 is 2.84. The number of aromatic hydroxyl groups is 1. The smallest absolute Gasteiger partial charge is 0.271 e. The van der Waals surface area contributed by atoms with Crippen LogP contribution in [-0.4, -0.2) is 14.6 Å². The summed E-state index contributed by atoms with van der Waals surface area (Å²) in [4.78, 5) is 30.3. The first-order valence-corrected chi connectivity index (χ1v) is 12.9. The Hall–Kier alpha value is -3.82. The zero-order valence-electron chi connectivity index (χ0n) is 18.7. The molecule has 1 N–H and O–H groups in total. The number of phenolic OH excluding ortho intramolecular Hbond substituents is 1. The van der Waals surface area contributed by atoms with Gasteiger partial charge in [0.25, 0.3) is 11.2 Å². The average molecular weight is 560 g/mol. The molecule has 36 heavy (non-hydrogen) atoms. The maximum absolute atomic E-state index is 13.8. The summed E-state index contributed by atoms with van der Waals surface area (Å²) >= 11 is 4.65. The molecule has 2 aliphatic rings. The molecule has 4 aromatic rings. The predicted octanol–water partition coefficient (Wildman–Crippen LogP) is 4.70. The molecule has 3 aromatic carbocycles. The highest BCUT2D eigenvalue weighted by atomic mass is 79.9. The molecule has 7 nitrogen and oxygen atoms in total. The van der Waals surface area contributed by atoms with E-state index in [1.54, 1.807) is 41.0 Å². The fraction of sp³-hybridized carbons (Fsp3) is 0.111. The van der Waals surface area contributed by atoms with Crippen molar-refractivity contribution < 1.29 is 10.0 Å². The second-order valence-electron chi connectivity index (χ2n) is 8.67. The molecule has 1 aliphatic carbocycles. The summed E-state index contributed by atoms with van der Waals surface area (Å²) in [5.74, 6) is 0.0625.